The lowest BCUT2D eigenvalue weighted by Crippen LogP contribution is -2.07. The third-order valence-corrected chi connectivity index (χ3v) is 4.31. The van der Waals surface area contributed by atoms with Gasteiger partial charge < -0.3 is 4.90 Å². The van der Waals surface area contributed by atoms with E-state index in [1.165, 1.54) is 24.3 Å². The second-order valence-corrected chi connectivity index (χ2v) is 6.71. The van der Waals surface area contributed by atoms with Crippen LogP contribution < -0.4 is 4.90 Å². The summed E-state index contributed by atoms with van der Waals surface area (Å²) in [6.07, 6.45) is 3.05. The highest BCUT2D eigenvalue weighted by Crippen LogP contribution is 2.22. The number of hydrogen-bond acceptors (Lipinski definition) is 6. The molecule has 0 spiro atoms. The van der Waals surface area contributed by atoms with Gasteiger partial charge in [-0.2, -0.15) is 10.2 Å². The largest absolute Gasteiger partial charge is 0.378 e. The molecule has 3 rings (SSSR count). The van der Waals surface area contributed by atoms with Gasteiger partial charge in [-0.15, -0.1) is 0 Å². The minimum Gasteiger partial charge on any atom is -0.378 e. The Bertz CT molecular complexity index is 1100. The van der Waals surface area contributed by atoms with Crippen LogP contribution in [0.15, 0.2) is 89.1 Å². The van der Waals surface area contributed by atoms with Crippen molar-refractivity contribution in [3.05, 3.63) is 100 Å². The van der Waals surface area contributed by atoms with Gasteiger partial charge in [0.05, 0.1) is 16.3 Å². The molecule has 0 radical (unpaired) electrons. The van der Waals surface area contributed by atoms with E-state index in [1.54, 1.807) is 24.3 Å². The number of anilines is 1. The van der Waals surface area contributed by atoms with Gasteiger partial charge in [-0.3, -0.25) is 14.9 Å². The van der Waals surface area contributed by atoms with Crippen molar-refractivity contribution in [1.29, 1.82) is 0 Å². The molecule has 150 valence electrons. The number of nitro benzene ring substituents is 1. The fraction of sp³-hybridized carbons (Fsp3) is 0.0870. The zero-order valence-electron chi connectivity index (χ0n) is 16.6. The molecular formula is C23H20N4O3. The highest BCUT2D eigenvalue weighted by molar-refractivity contribution is 6.07. The number of allylic oxidation sites excluding steroid dienone is 1. The first-order valence-electron chi connectivity index (χ1n) is 9.18. The summed E-state index contributed by atoms with van der Waals surface area (Å²) in [5.74, 6) is -0.302. The normalized spacial score (nSPS) is 11.1. The van der Waals surface area contributed by atoms with E-state index < -0.39 is 4.92 Å². The van der Waals surface area contributed by atoms with Crippen LogP contribution in [0.2, 0.25) is 0 Å². The number of carbonyl (C=O) groups is 1. The number of carbonyl (C=O) groups excluding carboxylic acids is 1. The molecule has 7 nitrogen and oxygen atoms in total. The summed E-state index contributed by atoms with van der Waals surface area (Å²) in [5, 5.41) is 19.3. The zero-order valence-corrected chi connectivity index (χ0v) is 16.6. The maximum Gasteiger partial charge on any atom is 0.270 e. The molecule has 30 heavy (non-hydrogen) atoms. The first-order chi connectivity index (χ1) is 14.4. The van der Waals surface area contributed by atoms with E-state index >= 15 is 0 Å². The first-order valence-corrected chi connectivity index (χ1v) is 9.18. The number of benzene rings is 3. The summed E-state index contributed by atoms with van der Waals surface area (Å²) in [4.78, 5) is 24.6. The Hall–Kier alpha value is -4.13. The molecule has 0 aromatic heterocycles. The molecular weight excluding hydrogens is 380 g/mol. The molecule has 0 saturated heterocycles. The number of ketones is 1. The molecule has 0 unspecified atom stereocenters. The smallest absolute Gasteiger partial charge is 0.270 e. The Labute approximate surface area is 174 Å². The summed E-state index contributed by atoms with van der Waals surface area (Å²) in [6, 6.07) is 20.6. The second kappa shape index (κ2) is 9.38. The van der Waals surface area contributed by atoms with Crippen LogP contribution >= 0.6 is 0 Å². The Morgan fingerprint density at radius 1 is 0.933 bits per heavy atom. The molecule has 3 aromatic rings. The van der Waals surface area contributed by atoms with E-state index in [0.717, 1.165) is 16.9 Å². The third kappa shape index (κ3) is 5.45. The molecule has 0 fully saturated rings. The molecule has 0 N–H and O–H groups in total. The third-order valence-electron chi connectivity index (χ3n) is 4.31. The number of nitro groups is 1. The lowest BCUT2D eigenvalue weighted by atomic mass is 10.1. The van der Waals surface area contributed by atoms with Crippen LogP contribution in [0.4, 0.5) is 22.7 Å². The summed E-state index contributed by atoms with van der Waals surface area (Å²) in [5.41, 5.74) is 3.50. The van der Waals surface area contributed by atoms with Gasteiger partial charge in [0.15, 0.2) is 5.78 Å². The van der Waals surface area contributed by atoms with Gasteiger partial charge in [0.25, 0.3) is 5.69 Å². The van der Waals surface area contributed by atoms with Crippen molar-refractivity contribution in [1.82, 2.24) is 0 Å². The fourth-order valence-corrected chi connectivity index (χ4v) is 2.63. The van der Waals surface area contributed by atoms with Crippen LogP contribution in [-0.2, 0) is 0 Å². The van der Waals surface area contributed by atoms with Gasteiger partial charge >= 0.3 is 0 Å². The summed E-state index contributed by atoms with van der Waals surface area (Å²) >= 11 is 0. The topological polar surface area (TPSA) is 88.2 Å². The van der Waals surface area contributed by atoms with Crippen molar-refractivity contribution in [3.8, 4) is 0 Å². The van der Waals surface area contributed by atoms with Crippen molar-refractivity contribution in [2.24, 2.45) is 10.2 Å². The van der Waals surface area contributed by atoms with Gasteiger partial charge in [0.2, 0.25) is 0 Å². The van der Waals surface area contributed by atoms with Gasteiger partial charge in [-0.25, -0.2) is 0 Å². The number of nitrogens with zero attached hydrogens (tertiary/aromatic N) is 4. The molecule has 0 amide bonds. The Kier molecular flexibility index (Phi) is 6.44. The lowest BCUT2D eigenvalue weighted by molar-refractivity contribution is -0.384. The van der Waals surface area contributed by atoms with Gasteiger partial charge in [-0.1, -0.05) is 30.3 Å². The van der Waals surface area contributed by atoms with Crippen LogP contribution in [0.5, 0.6) is 0 Å². The Morgan fingerprint density at radius 2 is 1.53 bits per heavy atom. The van der Waals surface area contributed by atoms with E-state index in [4.69, 9.17) is 0 Å². The molecule has 0 aliphatic carbocycles. The zero-order chi connectivity index (χ0) is 21.5. The maximum atomic E-state index is 12.2. The molecule has 0 heterocycles. The SMILES string of the molecule is CN(C)c1ccc(/N=N/c2ccc(/C=C/C(=O)c3cccc([N+](=O)[O-])c3)cc2)cc1. The summed E-state index contributed by atoms with van der Waals surface area (Å²) in [6.45, 7) is 0. The second-order valence-electron chi connectivity index (χ2n) is 6.71. The van der Waals surface area contributed by atoms with E-state index in [0.29, 0.717) is 5.69 Å². The standard InChI is InChI=1S/C23H20N4O3/c1-26(2)21-13-11-20(12-14-21)25-24-19-9-6-17(7-10-19)8-15-23(28)18-4-3-5-22(16-18)27(29)30/h3-16H,1-2H3/b15-8+,25-24+. The molecule has 7 heteroatoms. The van der Waals surface area contributed by atoms with E-state index in [1.807, 2.05) is 55.4 Å². The lowest BCUT2D eigenvalue weighted by Gasteiger charge is -2.11. The maximum absolute atomic E-state index is 12.2. The molecule has 3 aromatic carbocycles. The minimum absolute atomic E-state index is 0.111. The molecule has 0 aliphatic heterocycles. The number of hydrogen-bond donors (Lipinski definition) is 0. The molecule has 0 atom stereocenters. The van der Waals surface area contributed by atoms with Crippen molar-refractivity contribution in [2.45, 2.75) is 0 Å². The average Bonchev–Trinajstić information content (AvgIpc) is 2.77. The Morgan fingerprint density at radius 3 is 2.10 bits per heavy atom. The predicted molar refractivity (Wildman–Crippen MR) is 118 cm³/mol. The summed E-state index contributed by atoms with van der Waals surface area (Å²) < 4.78 is 0. The van der Waals surface area contributed by atoms with Crippen molar-refractivity contribution >= 4 is 34.6 Å². The van der Waals surface area contributed by atoms with Crippen molar-refractivity contribution < 1.29 is 9.72 Å². The molecule has 0 saturated carbocycles. The highest BCUT2D eigenvalue weighted by atomic mass is 16.6. The van der Waals surface area contributed by atoms with E-state index in [2.05, 4.69) is 10.2 Å². The van der Waals surface area contributed by atoms with E-state index in [9.17, 15) is 14.9 Å². The van der Waals surface area contributed by atoms with E-state index in [-0.39, 0.29) is 17.0 Å². The van der Waals surface area contributed by atoms with Crippen LogP contribution in [-0.4, -0.2) is 24.8 Å². The fourth-order valence-electron chi connectivity index (χ4n) is 2.63. The van der Waals surface area contributed by atoms with Crippen LogP contribution in [0, 0.1) is 10.1 Å². The van der Waals surface area contributed by atoms with Crippen LogP contribution in [0.1, 0.15) is 15.9 Å². The quantitative estimate of drug-likeness (QED) is 0.161. The van der Waals surface area contributed by atoms with Crippen LogP contribution in [0.25, 0.3) is 6.08 Å². The molecule has 0 bridgehead atoms. The van der Waals surface area contributed by atoms with Crippen LogP contribution in [0.3, 0.4) is 0 Å². The molecule has 0 aliphatic rings. The monoisotopic (exact) mass is 400 g/mol. The average molecular weight is 400 g/mol. The first kappa shape index (κ1) is 20.6. The number of non-ortho nitro benzene ring substituents is 1. The highest BCUT2D eigenvalue weighted by Gasteiger charge is 2.09. The van der Waals surface area contributed by atoms with Crippen molar-refractivity contribution in [2.75, 3.05) is 19.0 Å². The number of rotatable bonds is 7. The summed E-state index contributed by atoms with van der Waals surface area (Å²) in [7, 11) is 3.95. The van der Waals surface area contributed by atoms with Gasteiger partial charge in [0, 0.05) is 37.5 Å². The number of azo groups is 1. The van der Waals surface area contributed by atoms with Gasteiger partial charge in [-0.05, 0) is 48.0 Å². The predicted octanol–water partition coefficient (Wildman–Crippen LogP) is 5.97. The van der Waals surface area contributed by atoms with Gasteiger partial charge in [0.1, 0.15) is 0 Å². The Balaban J connectivity index is 1.64. The van der Waals surface area contributed by atoms with Crippen molar-refractivity contribution in [3.63, 3.8) is 0 Å². The minimum atomic E-state index is -0.523.